The minimum Gasteiger partial charge on any atom is -0.452 e. The Morgan fingerprint density at radius 3 is 2.74 bits per heavy atom. The first-order valence-electron chi connectivity index (χ1n) is 9.50. The van der Waals surface area contributed by atoms with Gasteiger partial charge in [0.2, 0.25) is 0 Å². The minimum atomic E-state index is -0.827. The highest BCUT2D eigenvalue weighted by Gasteiger charge is 2.25. The van der Waals surface area contributed by atoms with Gasteiger partial charge in [0.1, 0.15) is 11.0 Å². The fourth-order valence-electron chi connectivity index (χ4n) is 2.74. The van der Waals surface area contributed by atoms with Crippen molar-refractivity contribution in [1.29, 1.82) is 0 Å². The molecule has 2 rings (SSSR count). The number of nitrogens with zero attached hydrogens (tertiary/aromatic N) is 3. The van der Waals surface area contributed by atoms with Crippen molar-refractivity contribution in [3.63, 3.8) is 0 Å². The van der Waals surface area contributed by atoms with Crippen LogP contribution in [0.2, 0.25) is 5.15 Å². The van der Waals surface area contributed by atoms with Gasteiger partial charge >= 0.3 is 11.7 Å². The third-order valence-electron chi connectivity index (χ3n) is 4.33. The number of aromatic nitrogens is 3. The van der Waals surface area contributed by atoms with Gasteiger partial charge in [0.05, 0.1) is 12.2 Å². The molecule has 0 bridgehead atoms. The van der Waals surface area contributed by atoms with Crippen LogP contribution in [0.3, 0.4) is 0 Å². The number of amides is 1. The summed E-state index contributed by atoms with van der Waals surface area (Å²) in [7, 11) is 1.42. The van der Waals surface area contributed by atoms with Crippen molar-refractivity contribution in [3.05, 3.63) is 49.9 Å². The van der Waals surface area contributed by atoms with Crippen molar-refractivity contribution >= 4 is 35.0 Å². The summed E-state index contributed by atoms with van der Waals surface area (Å²) in [5, 5.41) is 0.0936. The van der Waals surface area contributed by atoms with Gasteiger partial charge in [0.15, 0.2) is 12.3 Å². The van der Waals surface area contributed by atoms with Crippen LogP contribution < -0.4 is 21.9 Å². The van der Waals surface area contributed by atoms with Crippen LogP contribution in [0.1, 0.15) is 30.1 Å². The Morgan fingerprint density at radius 2 is 2.10 bits per heavy atom. The molecule has 0 spiro atoms. The number of anilines is 2. The van der Waals surface area contributed by atoms with Gasteiger partial charge in [-0.05, 0) is 18.6 Å². The van der Waals surface area contributed by atoms with Crippen LogP contribution in [0, 0.1) is 0 Å². The van der Waals surface area contributed by atoms with Gasteiger partial charge < -0.3 is 15.2 Å². The molecule has 0 radical (unpaired) electrons. The van der Waals surface area contributed by atoms with E-state index in [0.29, 0.717) is 6.42 Å². The largest absolute Gasteiger partial charge is 0.452 e. The predicted molar refractivity (Wildman–Crippen MR) is 114 cm³/mol. The summed E-state index contributed by atoms with van der Waals surface area (Å²) in [6, 6.07) is 2.68. The van der Waals surface area contributed by atoms with Crippen molar-refractivity contribution in [3.8, 4) is 0 Å². The van der Waals surface area contributed by atoms with E-state index in [-0.39, 0.29) is 41.9 Å². The van der Waals surface area contributed by atoms with E-state index in [0.717, 1.165) is 11.3 Å². The second-order valence-electron chi connectivity index (χ2n) is 6.48. The lowest BCUT2D eigenvalue weighted by atomic mass is 10.3. The van der Waals surface area contributed by atoms with Gasteiger partial charge in [-0.3, -0.25) is 24.0 Å². The zero-order valence-corrected chi connectivity index (χ0v) is 18.0. The van der Waals surface area contributed by atoms with E-state index in [2.05, 4.69) is 9.97 Å². The molecule has 11 nitrogen and oxygen atoms in total. The van der Waals surface area contributed by atoms with Crippen LogP contribution in [0.4, 0.5) is 11.5 Å². The smallest absolute Gasteiger partial charge is 0.338 e. The average molecular weight is 454 g/mol. The van der Waals surface area contributed by atoms with E-state index in [1.54, 1.807) is 0 Å². The van der Waals surface area contributed by atoms with E-state index >= 15 is 0 Å². The summed E-state index contributed by atoms with van der Waals surface area (Å²) in [5.41, 5.74) is 4.49. The molecule has 0 fully saturated rings. The van der Waals surface area contributed by atoms with Crippen LogP contribution in [-0.4, -0.2) is 53.3 Å². The van der Waals surface area contributed by atoms with Gasteiger partial charge in [0, 0.05) is 26.4 Å². The molecule has 12 heteroatoms. The summed E-state index contributed by atoms with van der Waals surface area (Å²) in [4.78, 5) is 56.6. The van der Waals surface area contributed by atoms with Gasteiger partial charge in [0.25, 0.3) is 11.5 Å². The Labute approximate surface area is 182 Å². The fourth-order valence-corrected chi connectivity index (χ4v) is 2.91. The number of hydrogen-bond acceptors (Lipinski definition) is 8. The number of methoxy groups -OCH3 is 1. The maximum Gasteiger partial charge on any atom is 0.338 e. The zero-order chi connectivity index (χ0) is 23.0. The van der Waals surface area contributed by atoms with Crippen LogP contribution in [0.5, 0.6) is 0 Å². The SMILES string of the molecule is CCCCn1c(N)c(N(CCOC)C(=O)COC(=O)c2ccnc(Cl)c2)c(=O)[nH]c1=O. The molecule has 0 aromatic carbocycles. The number of H-pyrrole nitrogens is 1. The first-order valence-corrected chi connectivity index (χ1v) is 9.88. The molecule has 3 N–H and O–H groups in total. The first-order chi connectivity index (χ1) is 14.8. The van der Waals surface area contributed by atoms with E-state index in [4.69, 9.17) is 26.8 Å². The lowest BCUT2D eigenvalue weighted by molar-refractivity contribution is -0.121. The quantitative estimate of drug-likeness (QED) is 0.396. The molecule has 2 aromatic rings. The molecule has 0 aliphatic carbocycles. The maximum absolute atomic E-state index is 12.8. The van der Waals surface area contributed by atoms with Crippen LogP contribution in [-0.2, 0) is 20.8 Å². The molecule has 1 amide bonds. The van der Waals surface area contributed by atoms with E-state index in [1.807, 2.05) is 6.92 Å². The number of nitrogens with two attached hydrogens (primary N) is 1. The second kappa shape index (κ2) is 11.3. The lowest BCUT2D eigenvalue weighted by Crippen LogP contribution is -2.44. The number of hydrogen-bond donors (Lipinski definition) is 2. The number of carbonyl (C=O) groups is 2. The maximum atomic E-state index is 12.8. The Hall–Kier alpha value is -3.18. The van der Waals surface area contributed by atoms with Crippen molar-refractivity contribution in [1.82, 2.24) is 14.5 Å². The highest BCUT2D eigenvalue weighted by molar-refractivity contribution is 6.29. The number of pyridine rings is 1. The molecular formula is C19H24ClN5O6. The second-order valence-corrected chi connectivity index (χ2v) is 6.87. The summed E-state index contributed by atoms with van der Waals surface area (Å²) in [6.45, 7) is 1.57. The molecule has 0 unspecified atom stereocenters. The average Bonchev–Trinajstić information content (AvgIpc) is 2.73. The number of ether oxygens (including phenoxy) is 2. The number of nitrogen functional groups attached to an aromatic ring is 1. The summed E-state index contributed by atoms with van der Waals surface area (Å²) < 4.78 is 11.2. The van der Waals surface area contributed by atoms with E-state index in [9.17, 15) is 19.2 Å². The van der Waals surface area contributed by atoms with Crippen LogP contribution >= 0.6 is 11.6 Å². The molecule has 0 aliphatic rings. The van der Waals surface area contributed by atoms with Crippen LogP contribution in [0.25, 0.3) is 0 Å². The number of nitrogens with one attached hydrogen (secondary N) is 1. The number of esters is 1. The number of carbonyl (C=O) groups excluding carboxylic acids is 2. The van der Waals surface area contributed by atoms with Gasteiger partial charge in [-0.25, -0.2) is 14.6 Å². The molecule has 0 saturated carbocycles. The molecule has 0 aliphatic heterocycles. The normalized spacial score (nSPS) is 10.7. The first kappa shape index (κ1) is 24.1. The molecule has 0 atom stereocenters. The van der Waals surface area contributed by atoms with E-state index < -0.39 is 29.7 Å². The topological polar surface area (TPSA) is 150 Å². The summed E-state index contributed by atoms with van der Waals surface area (Å²) in [6.07, 6.45) is 2.76. The molecule has 31 heavy (non-hydrogen) atoms. The molecular weight excluding hydrogens is 430 g/mol. The Bertz CT molecular complexity index is 1050. The molecule has 0 saturated heterocycles. The van der Waals surface area contributed by atoms with Crippen molar-refractivity contribution in [2.45, 2.75) is 26.3 Å². The number of rotatable bonds is 10. The summed E-state index contributed by atoms with van der Waals surface area (Å²) >= 11 is 5.75. The monoisotopic (exact) mass is 453 g/mol. The molecule has 2 heterocycles. The lowest BCUT2D eigenvalue weighted by Gasteiger charge is -2.24. The highest BCUT2D eigenvalue weighted by atomic mass is 35.5. The predicted octanol–water partition coefficient (Wildman–Crippen LogP) is 0.804. The van der Waals surface area contributed by atoms with Crippen molar-refractivity contribution in [2.24, 2.45) is 0 Å². The Kier molecular flexibility index (Phi) is 8.76. The van der Waals surface area contributed by atoms with Crippen LogP contribution in [0.15, 0.2) is 27.9 Å². The fraction of sp³-hybridized carbons (Fsp3) is 0.421. The van der Waals surface area contributed by atoms with Gasteiger partial charge in [-0.2, -0.15) is 0 Å². The van der Waals surface area contributed by atoms with Crippen molar-refractivity contribution in [2.75, 3.05) is 37.5 Å². The number of halogens is 1. The standard InChI is InChI=1S/C19H24ClN5O6/c1-3-4-7-25-16(21)15(17(27)23-19(25)29)24(8-9-30-2)14(26)11-31-18(28)12-5-6-22-13(20)10-12/h5-6,10H,3-4,7-9,11,21H2,1-2H3,(H,23,27,29). The van der Waals surface area contributed by atoms with Gasteiger partial charge in [-0.1, -0.05) is 24.9 Å². The van der Waals surface area contributed by atoms with E-state index in [1.165, 1.54) is 30.0 Å². The molecule has 2 aromatic heterocycles. The highest BCUT2D eigenvalue weighted by Crippen LogP contribution is 2.18. The Balaban J connectivity index is 2.30. The third-order valence-corrected chi connectivity index (χ3v) is 4.54. The third kappa shape index (κ3) is 6.15. The summed E-state index contributed by atoms with van der Waals surface area (Å²) in [5.74, 6) is -1.67. The van der Waals surface area contributed by atoms with Crippen molar-refractivity contribution < 1.29 is 19.1 Å². The zero-order valence-electron chi connectivity index (χ0n) is 17.2. The van der Waals surface area contributed by atoms with Gasteiger partial charge in [-0.15, -0.1) is 0 Å². The molecule has 168 valence electrons. The minimum absolute atomic E-state index is 0.0484. The number of unbranched alkanes of at least 4 members (excludes halogenated alkanes) is 1. The Morgan fingerprint density at radius 1 is 1.35 bits per heavy atom. The number of aromatic amines is 1.